The molecule has 0 bridgehead atoms. The van der Waals surface area contributed by atoms with Crippen LogP contribution in [0.25, 0.3) is 0 Å². The highest BCUT2D eigenvalue weighted by Gasteiger charge is 2.34. The smallest absolute Gasteiger partial charge is 0.176 e. The van der Waals surface area contributed by atoms with Crippen LogP contribution in [0.15, 0.2) is 18.2 Å². The van der Waals surface area contributed by atoms with Crippen molar-refractivity contribution in [3.05, 3.63) is 29.3 Å². The van der Waals surface area contributed by atoms with E-state index in [1.807, 2.05) is 25.1 Å². The highest BCUT2D eigenvalue weighted by molar-refractivity contribution is 5.98. The Morgan fingerprint density at radius 3 is 2.62 bits per heavy atom. The number of aryl methyl sites for hydroxylation is 1. The lowest BCUT2D eigenvalue weighted by Gasteiger charge is -2.37. The van der Waals surface area contributed by atoms with Gasteiger partial charge in [-0.3, -0.25) is 14.5 Å². The molecule has 3 fully saturated rings. The fourth-order valence-electron chi connectivity index (χ4n) is 5.91. The molecule has 6 nitrogen and oxygen atoms in total. The van der Waals surface area contributed by atoms with Crippen LogP contribution in [0.3, 0.4) is 0 Å². The molecule has 2 atom stereocenters. The van der Waals surface area contributed by atoms with Crippen LogP contribution >= 0.6 is 0 Å². The SMILES string of the molecule is Cc1cc(C(=O)CN2CCNCC2C(=O)C2CCCCC2)ccc1OCCCN1CCCC1C. The van der Waals surface area contributed by atoms with Crippen LogP contribution in [0.1, 0.15) is 74.2 Å². The van der Waals surface area contributed by atoms with Crippen LogP contribution in [0, 0.1) is 12.8 Å². The number of ether oxygens (including phenoxy) is 1. The van der Waals surface area contributed by atoms with E-state index in [4.69, 9.17) is 4.74 Å². The third kappa shape index (κ3) is 6.46. The molecular weight excluding hydrogens is 426 g/mol. The molecule has 3 aliphatic rings. The van der Waals surface area contributed by atoms with Crippen molar-refractivity contribution in [3.63, 3.8) is 0 Å². The molecule has 1 aliphatic carbocycles. The Labute approximate surface area is 205 Å². The van der Waals surface area contributed by atoms with Gasteiger partial charge in [-0.25, -0.2) is 0 Å². The topological polar surface area (TPSA) is 61.9 Å². The molecule has 0 amide bonds. The monoisotopic (exact) mass is 469 g/mol. The maximum Gasteiger partial charge on any atom is 0.176 e. The van der Waals surface area contributed by atoms with Gasteiger partial charge in [0.25, 0.3) is 0 Å². The van der Waals surface area contributed by atoms with Crippen molar-refractivity contribution in [2.75, 3.05) is 45.9 Å². The van der Waals surface area contributed by atoms with Crippen molar-refractivity contribution in [1.82, 2.24) is 15.1 Å². The Morgan fingerprint density at radius 1 is 1.06 bits per heavy atom. The Kier molecular flexibility index (Phi) is 9.15. The van der Waals surface area contributed by atoms with Gasteiger partial charge in [0.1, 0.15) is 5.75 Å². The second-order valence-electron chi connectivity index (χ2n) is 10.6. The first-order valence-corrected chi connectivity index (χ1v) is 13.5. The van der Waals surface area contributed by atoms with E-state index >= 15 is 0 Å². The predicted molar refractivity (Wildman–Crippen MR) is 136 cm³/mol. The fraction of sp³-hybridized carbons (Fsp3) is 0.714. The van der Waals surface area contributed by atoms with E-state index in [2.05, 4.69) is 22.0 Å². The first-order chi connectivity index (χ1) is 16.5. The minimum absolute atomic E-state index is 0.0843. The van der Waals surface area contributed by atoms with Crippen molar-refractivity contribution in [3.8, 4) is 5.75 Å². The molecule has 34 heavy (non-hydrogen) atoms. The summed E-state index contributed by atoms with van der Waals surface area (Å²) in [6, 6.07) is 6.28. The van der Waals surface area contributed by atoms with Gasteiger partial charge in [0.15, 0.2) is 11.6 Å². The van der Waals surface area contributed by atoms with Gasteiger partial charge in [0, 0.05) is 43.7 Å². The molecule has 188 valence electrons. The van der Waals surface area contributed by atoms with Crippen LogP contribution in [-0.2, 0) is 4.79 Å². The number of nitrogens with one attached hydrogen (secondary N) is 1. The highest BCUT2D eigenvalue weighted by atomic mass is 16.5. The standard InChI is InChI=1S/C28H43N3O3/c1-21-18-24(11-12-27(21)34-17-7-15-30-14-6-8-22(30)2)26(32)20-31-16-13-29-19-25(31)28(33)23-9-4-3-5-10-23/h11-12,18,22-23,25,29H,3-10,13-17,19-20H2,1-2H3. The number of nitrogens with zero attached hydrogens (tertiary/aromatic N) is 2. The normalized spacial score (nSPS) is 24.9. The number of carbonyl (C=O) groups excluding carboxylic acids is 2. The van der Waals surface area contributed by atoms with Gasteiger partial charge >= 0.3 is 0 Å². The lowest BCUT2D eigenvalue weighted by atomic mass is 9.83. The van der Waals surface area contributed by atoms with Crippen molar-refractivity contribution in [2.24, 2.45) is 5.92 Å². The molecule has 2 aliphatic heterocycles. The van der Waals surface area contributed by atoms with E-state index in [-0.39, 0.29) is 17.7 Å². The third-order valence-electron chi connectivity index (χ3n) is 8.07. The van der Waals surface area contributed by atoms with Crippen molar-refractivity contribution >= 4 is 11.6 Å². The summed E-state index contributed by atoms with van der Waals surface area (Å²) in [7, 11) is 0. The molecule has 1 N–H and O–H groups in total. The molecular formula is C28H43N3O3. The van der Waals surface area contributed by atoms with E-state index in [9.17, 15) is 9.59 Å². The molecule has 4 rings (SSSR count). The van der Waals surface area contributed by atoms with Gasteiger partial charge in [-0.2, -0.15) is 0 Å². The molecule has 0 spiro atoms. The van der Waals surface area contributed by atoms with Gasteiger partial charge in [-0.15, -0.1) is 0 Å². The van der Waals surface area contributed by atoms with E-state index in [0.29, 0.717) is 37.1 Å². The Morgan fingerprint density at radius 2 is 1.88 bits per heavy atom. The minimum atomic E-state index is -0.178. The lowest BCUT2D eigenvalue weighted by Crippen LogP contribution is -2.57. The average molecular weight is 470 g/mol. The van der Waals surface area contributed by atoms with Crippen molar-refractivity contribution in [1.29, 1.82) is 0 Å². The second kappa shape index (κ2) is 12.3. The summed E-state index contributed by atoms with van der Waals surface area (Å²) in [5, 5.41) is 3.37. The number of hydrogen-bond donors (Lipinski definition) is 1. The predicted octanol–water partition coefficient (Wildman–Crippen LogP) is 3.85. The fourth-order valence-corrected chi connectivity index (χ4v) is 5.91. The largest absolute Gasteiger partial charge is 0.493 e. The van der Waals surface area contributed by atoms with Crippen LogP contribution in [0.4, 0.5) is 0 Å². The third-order valence-corrected chi connectivity index (χ3v) is 8.07. The number of hydrogen-bond acceptors (Lipinski definition) is 6. The zero-order valence-corrected chi connectivity index (χ0v) is 21.2. The lowest BCUT2D eigenvalue weighted by molar-refractivity contribution is -0.129. The quantitative estimate of drug-likeness (QED) is 0.415. The molecule has 1 aromatic carbocycles. The number of rotatable bonds is 10. The van der Waals surface area contributed by atoms with Gasteiger partial charge < -0.3 is 15.0 Å². The Hall–Kier alpha value is -1.76. The first-order valence-electron chi connectivity index (χ1n) is 13.5. The Balaban J connectivity index is 1.29. The minimum Gasteiger partial charge on any atom is -0.493 e. The summed E-state index contributed by atoms with van der Waals surface area (Å²) >= 11 is 0. The van der Waals surface area contributed by atoms with Gasteiger partial charge in [-0.1, -0.05) is 19.3 Å². The number of likely N-dealkylation sites (tertiary alicyclic amines) is 1. The molecule has 2 unspecified atom stereocenters. The van der Waals surface area contributed by atoms with Gasteiger partial charge in [-0.05, 0) is 76.3 Å². The summed E-state index contributed by atoms with van der Waals surface area (Å²) in [5.74, 6) is 1.45. The number of ketones is 2. The van der Waals surface area contributed by atoms with Crippen LogP contribution in [0.2, 0.25) is 0 Å². The summed E-state index contributed by atoms with van der Waals surface area (Å²) in [6.45, 7) is 9.83. The summed E-state index contributed by atoms with van der Waals surface area (Å²) in [5.41, 5.74) is 1.70. The molecule has 0 radical (unpaired) electrons. The van der Waals surface area contributed by atoms with E-state index in [1.165, 1.54) is 25.8 Å². The van der Waals surface area contributed by atoms with E-state index in [1.54, 1.807) is 0 Å². The molecule has 1 aromatic rings. The van der Waals surface area contributed by atoms with Crippen molar-refractivity contribution < 1.29 is 14.3 Å². The summed E-state index contributed by atoms with van der Waals surface area (Å²) < 4.78 is 6.03. The van der Waals surface area contributed by atoms with Crippen LogP contribution in [-0.4, -0.2) is 79.3 Å². The average Bonchev–Trinajstić information content (AvgIpc) is 3.27. The van der Waals surface area contributed by atoms with Crippen molar-refractivity contribution in [2.45, 2.75) is 77.3 Å². The number of piperazine rings is 1. The summed E-state index contributed by atoms with van der Waals surface area (Å²) in [4.78, 5) is 31.0. The zero-order chi connectivity index (χ0) is 23.9. The highest BCUT2D eigenvalue weighted by Crippen LogP contribution is 2.27. The van der Waals surface area contributed by atoms with E-state index < -0.39 is 0 Å². The number of carbonyl (C=O) groups is 2. The molecule has 0 aromatic heterocycles. The second-order valence-corrected chi connectivity index (χ2v) is 10.6. The van der Waals surface area contributed by atoms with Gasteiger partial charge in [0.05, 0.1) is 19.2 Å². The maximum atomic E-state index is 13.2. The molecule has 1 saturated carbocycles. The summed E-state index contributed by atoms with van der Waals surface area (Å²) in [6.07, 6.45) is 9.19. The van der Waals surface area contributed by atoms with Gasteiger partial charge in [0.2, 0.25) is 0 Å². The van der Waals surface area contributed by atoms with Crippen LogP contribution < -0.4 is 10.1 Å². The van der Waals surface area contributed by atoms with E-state index in [0.717, 1.165) is 63.1 Å². The zero-order valence-electron chi connectivity index (χ0n) is 21.2. The number of Topliss-reactive ketones (excluding diaryl/α,β-unsaturated/α-hetero) is 2. The molecule has 6 heteroatoms. The number of benzene rings is 1. The maximum absolute atomic E-state index is 13.2. The first kappa shape index (κ1) is 25.3. The molecule has 2 saturated heterocycles. The Bertz CT molecular complexity index is 836. The molecule has 2 heterocycles. The van der Waals surface area contributed by atoms with Crippen LogP contribution in [0.5, 0.6) is 5.75 Å².